The van der Waals surface area contributed by atoms with Gasteiger partial charge in [-0.3, -0.25) is 14.8 Å². The van der Waals surface area contributed by atoms with E-state index >= 15 is 0 Å². The molecule has 0 radical (unpaired) electrons. The van der Waals surface area contributed by atoms with Gasteiger partial charge in [-0.15, -0.1) is 0 Å². The van der Waals surface area contributed by atoms with E-state index in [0.717, 1.165) is 44.6 Å². The summed E-state index contributed by atoms with van der Waals surface area (Å²) in [4.78, 5) is 9.72. The number of β-amino-alcohol motifs (C(OH)–C–C–N with tert-alkyl or cyclic N) is 1. The Bertz CT molecular complexity index is 703. The van der Waals surface area contributed by atoms with Crippen LogP contribution in [0.5, 0.6) is 0 Å². The minimum atomic E-state index is -0.440. The summed E-state index contributed by atoms with van der Waals surface area (Å²) in [6.45, 7) is 8.29. The predicted molar refractivity (Wildman–Crippen MR) is 123 cm³/mol. The number of nitrogens with one attached hydrogen (secondary N) is 2. The predicted octanol–water partition coefficient (Wildman–Crippen LogP) is 1.98. The Balaban J connectivity index is 1.24. The Morgan fingerprint density at radius 2 is 1.97 bits per heavy atom. The van der Waals surface area contributed by atoms with Crippen molar-refractivity contribution < 1.29 is 5.11 Å². The average molecular weight is 414 g/mol. The Kier molecular flexibility index (Phi) is 7.63. The summed E-state index contributed by atoms with van der Waals surface area (Å²) >= 11 is 0. The first-order valence-electron chi connectivity index (χ1n) is 12.0. The third-order valence-corrected chi connectivity index (χ3v) is 6.88. The van der Waals surface area contributed by atoms with Gasteiger partial charge in [0.25, 0.3) is 0 Å². The number of benzene rings is 1. The van der Waals surface area contributed by atoms with Crippen LogP contribution in [-0.2, 0) is 13.0 Å². The highest BCUT2D eigenvalue weighted by Gasteiger charge is 2.30. The molecule has 2 fully saturated rings. The minimum Gasteiger partial charge on any atom is -0.390 e. The molecular weight excluding hydrogens is 374 g/mol. The van der Waals surface area contributed by atoms with Crippen LogP contribution in [0, 0.1) is 0 Å². The SMILES string of the molecule is CCNC(=NCC(O)CN1CCc2ccccc2C1)NC1CCN(C2CCCC2)C1. The second kappa shape index (κ2) is 10.6. The largest absolute Gasteiger partial charge is 0.390 e. The molecule has 3 N–H and O–H groups in total. The maximum atomic E-state index is 10.6. The molecule has 1 aromatic rings. The van der Waals surface area contributed by atoms with E-state index in [1.807, 2.05) is 0 Å². The third-order valence-electron chi connectivity index (χ3n) is 6.88. The molecule has 1 saturated carbocycles. The fraction of sp³-hybridized carbons (Fsp3) is 0.708. The van der Waals surface area contributed by atoms with Crippen LogP contribution >= 0.6 is 0 Å². The van der Waals surface area contributed by atoms with Gasteiger partial charge in [0.15, 0.2) is 5.96 Å². The second-order valence-electron chi connectivity index (χ2n) is 9.19. The molecule has 166 valence electrons. The molecule has 4 rings (SSSR count). The van der Waals surface area contributed by atoms with Gasteiger partial charge < -0.3 is 15.7 Å². The molecule has 2 aliphatic heterocycles. The molecule has 0 aromatic heterocycles. The lowest BCUT2D eigenvalue weighted by atomic mass is 10.00. The summed E-state index contributed by atoms with van der Waals surface area (Å²) in [7, 11) is 0. The molecule has 6 heteroatoms. The van der Waals surface area contributed by atoms with Crippen LogP contribution in [0.1, 0.15) is 50.2 Å². The molecule has 0 spiro atoms. The van der Waals surface area contributed by atoms with Gasteiger partial charge in [0, 0.05) is 51.4 Å². The van der Waals surface area contributed by atoms with Crippen molar-refractivity contribution in [1.29, 1.82) is 0 Å². The van der Waals surface area contributed by atoms with Gasteiger partial charge in [-0.1, -0.05) is 37.1 Å². The molecule has 1 aliphatic carbocycles. The molecule has 3 aliphatic rings. The van der Waals surface area contributed by atoms with Crippen LogP contribution in [0.4, 0.5) is 0 Å². The lowest BCUT2D eigenvalue weighted by Gasteiger charge is -2.30. The number of nitrogens with zero attached hydrogens (tertiary/aromatic N) is 3. The molecule has 2 unspecified atom stereocenters. The molecule has 6 nitrogen and oxygen atoms in total. The first kappa shape index (κ1) is 21.6. The van der Waals surface area contributed by atoms with Crippen LogP contribution in [-0.4, -0.2) is 78.3 Å². The van der Waals surface area contributed by atoms with Gasteiger partial charge in [0.2, 0.25) is 0 Å². The number of aliphatic hydroxyl groups excluding tert-OH is 1. The van der Waals surface area contributed by atoms with E-state index in [9.17, 15) is 5.11 Å². The van der Waals surface area contributed by atoms with Gasteiger partial charge in [0.05, 0.1) is 12.6 Å². The smallest absolute Gasteiger partial charge is 0.191 e. The van der Waals surface area contributed by atoms with E-state index in [0.29, 0.717) is 19.1 Å². The van der Waals surface area contributed by atoms with Crippen LogP contribution in [0.25, 0.3) is 0 Å². The van der Waals surface area contributed by atoms with E-state index in [4.69, 9.17) is 4.99 Å². The molecular formula is C24H39N5O. The molecule has 0 bridgehead atoms. The van der Waals surface area contributed by atoms with E-state index in [1.54, 1.807) is 0 Å². The Morgan fingerprint density at radius 1 is 1.17 bits per heavy atom. The van der Waals surface area contributed by atoms with Gasteiger partial charge in [-0.25, -0.2) is 0 Å². The van der Waals surface area contributed by atoms with Crippen LogP contribution in [0.2, 0.25) is 0 Å². The number of rotatable bonds is 7. The zero-order valence-electron chi connectivity index (χ0n) is 18.5. The zero-order chi connectivity index (χ0) is 20.8. The number of aliphatic imine (C=N–C) groups is 1. The maximum absolute atomic E-state index is 10.6. The summed E-state index contributed by atoms with van der Waals surface area (Å²) in [5, 5.41) is 17.6. The van der Waals surface area contributed by atoms with E-state index in [1.165, 1.54) is 49.8 Å². The van der Waals surface area contributed by atoms with Crippen molar-refractivity contribution in [3.05, 3.63) is 35.4 Å². The van der Waals surface area contributed by atoms with E-state index in [-0.39, 0.29) is 0 Å². The van der Waals surface area contributed by atoms with Crippen molar-refractivity contribution in [2.24, 2.45) is 4.99 Å². The standard InChI is InChI=1S/C24H39N5O/c1-2-25-24(27-21-12-14-29(17-21)22-9-5-6-10-22)26-15-23(30)18-28-13-11-19-7-3-4-8-20(19)16-28/h3-4,7-8,21-23,30H,2,5-6,9-18H2,1H3,(H2,25,26,27). The highest BCUT2D eigenvalue weighted by atomic mass is 16.3. The monoisotopic (exact) mass is 413 g/mol. The van der Waals surface area contributed by atoms with Crippen LogP contribution in [0.3, 0.4) is 0 Å². The topological polar surface area (TPSA) is 63.1 Å². The first-order chi connectivity index (χ1) is 14.7. The highest BCUT2D eigenvalue weighted by molar-refractivity contribution is 5.80. The minimum absolute atomic E-state index is 0.437. The number of hydrogen-bond donors (Lipinski definition) is 3. The van der Waals surface area contributed by atoms with Crippen molar-refractivity contribution >= 4 is 5.96 Å². The third kappa shape index (κ3) is 5.74. The quantitative estimate of drug-likeness (QED) is 0.471. The molecule has 2 heterocycles. The fourth-order valence-corrected chi connectivity index (χ4v) is 5.28. The Hall–Kier alpha value is -1.63. The summed E-state index contributed by atoms with van der Waals surface area (Å²) < 4.78 is 0. The number of fused-ring (bicyclic) bond motifs is 1. The van der Waals surface area contributed by atoms with E-state index in [2.05, 4.69) is 51.6 Å². The number of likely N-dealkylation sites (tertiary alicyclic amines) is 1. The van der Waals surface area contributed by atoms with Crippen molar-refractivity contribution in [3.8, 4) is 0 Å². The van der Waals surface area contributed by atoms with Gasteiger partial charge in [-0.05, 0) is 43.7 Å². The van der Waals surface area contributed by atoms with Crippen molar-refractivity contribution in [2.45, 2.75) is 70.2 Å². The molecule has 2 atom stereocenters. The lowest BCUT2D eigenvalue weighted by Crippen LogP contribution is -2.46. The van der Waals surface area contributed by atoms with Crippen molar-refractivity contribution in [3.63, 3.8) is 0 Å². The van der Waals surface area contributed by atoms with Gasteiger partial charge >= 0.3 is 0 Å². The van der Waals surface area contributed by atoms with Crippen LogP contribution in [0.15, 0.2) is 29.3 Å². The first-order valence-corrected chi connectivity index (χ1v) is 12.0. The van der Waals surface area contributed by atoms with E-state index < -0.39 is 6.10 Å². The average Bonchev–Trinajstić information content (AvgIpc) is 3.44. The Morgan fingerprint density at radius 3 is 2.77 bits per heavy atom. The van der Waals surface area contributed by atoms with Gasteiger partial charge in [-0.2, -0.15) is 0 Å². The Labute approximate surface area is 181 Å². The number of hydrogen-bond acceptors (Lipinski definition) is 4. The molecule has 1 saturated heterocycles. The normalized spacial score (nSPS) is 24.7. The zero-order valence-corrected chi connectivity index (χ0v) is 18.5. The summed E-state index contributed by atoms with van der Waals surface area (Å²) in [6, 6.07) is 9.90. The lowest BCUT2D eigenvalue weighted by molar-refractivity contribution is 0.111. The van der Waals surface area contributed by atoms with Gasteiger partial charge in [0.1, 0.15) is 0 Å². The second-order valence-corrected chi connectivity index (χ2v) is 9.19. The van der Waals surface area contributed by atoms with Crippen molar-refractivity contribution in [1.82, 2.24) is 20.4 Å². The summed E-state index contributed by atoms with van der Waals surface area (Å²) in [6.07, 6.45) is 7.33. The highest BCUT2D eigenvalue weighted by Crippen LogP contribution is 2.26. The van der Waals surface area contributed by atoms with Crippen LogP contribution < -0.4 is 10.6 Å². The summed E-state index contributed by atoms with van der Waals surface area (Å²) in [5.74, 6) is 0.846. The fourth-order valence-electron chi connectivity index (χ4n) is 5.28. The molecule has 1 aromatic carbocycles. The molecule has 30 heavy (non-hydrogen) atoms. The number of guanidine groups is 1. The maximum Gasteiger partial charge on any atom is 0.191 e. The number of aliphatic hydroxyl groups is 1. The molecule has 0 amide bonds. The summed E-state index contributed by atoms with van der Waals surface area (Å²) in [5.41, 5.74) is 2.84. The van der Waals surface area contributed by atoms with Crippen molar-refractivity contribution in [2.75, 3.05) is 39.3 Å².